The summed E-state index contributed by atoms with van der Waals surface area (Å²) in [6.07, 6.45) is 62.0. The van der Waals surface area contributed by atoms with Crippen molar-refractivity contribution < 1.29 is 24.5 Å². The molecule has 6 nitrogen and oxygen atoms in total. The predicted octanol–water partition coefficient (Wildman–Crippen LogP) is 17.2. The Kier molecular flexibility index (Phi) is 50.5. The van der Waals surface area contributed by atoms with Gasteiger partial charge in [-0.2, -0.15) is 0 Å². The van der Waals surface area contributed by atoms with Crippen LogP contribution >= 0.6 is 0 Å². The van der Waals surface area contributed by atoms with Gasteiger partial charge in [0, 0.05) is 6.42 Å². The van der Waals surface area contributed by atoms with E-state index < -0.39 is 18.2 Å². The van der Waals surface area contributed by atoms with Crippen molar-refractivity contribution in [3.63, 3.8) is 0 Å². The number of ether oxygens (including phenoxy) is 1. The van der Waals surface area contributed by atoms with E-state index in [-0.39, 0.29) is 24.9 Å². The van der Waals surface area contributed by atoms with Gasteiger partial charge >= 0.3 is 5.97 Å². The van der Waals surface area contributed by atoms with E-state index in [2.05, 4.69) is 62.5 Å². The third kappa shape index (κ3) is 46.6. The van der Waals surface area contributed by atoms with Gasteiger partial charge in [0.1, 0.15) is 6.10 Å². The van der Waals surface area contributed by atoms with E-state index in [1.807, 2.05) is 0 Å². The third-order valence-corrected chi connectivity index (χ3v) is 13.0. The van der Waals surface area contributed by atoms with Crippen molar-refractivity contribution in [1.82, 2.24) is 5.32 Å². The number of hydrogen-bond acceptors (Lipinski definition) is 5. The van der Waals surface area contributed by atoms with E-state index in [0.717, 1.165) is 77.0 Å². The maximum Gasteiger partial charge on any atom is 0.306 e. The number of carbonyl (C=O) groups is 2. The van der Waals surface area contributed by atoms with Crippen LogP contribution < -0.4 is 5.32 Å². The Morgan fingerprint density at radius 1 is 0.453 bits per heavy atom. The fraction of sp³-hybridized carbons (Fsp3) is 0.862. The van der Waals surface area contributed by atoms with Gasteiger partial charge in [0.25, 0.3) is 0 Å². The van der Waals surface area contributed by atoms with Crippen LogP contribution in [0.15, 0.2) is 36.5 Å². The van der Waals surface area contributed by atoms with Gasteiger partial charge in [-0.05, 0) is 64.2 Å². The van der Waals surface area contributed by atoms with Gasteiger partial charge in [-0.15, -0.1) is 0 Å². The molecule has 0 saturated heterocycles. The van der Waals surface area contributed by atoms with E-state index in [4.69, 9.17) is 4.74 Å². The summed E-state index contributed by atoms with van der Waals surface area (Å²) in [5.41, 5.74) is 0. The highest BCUT2D eigenvalue weighted by molar-refractivity contribution is 5.77. The molecule has 3 N–H and O–H groups in total. The molecule has 1 amide bonds. The number of rotatable bonds is 51. The van der Waals surface area contributed by atoms with Crippen molar-refractivity contribution in [2.45, 2.75) is 315 Å². The molecule has 0 heterocycles. The number of nitrogens with one attached hydrogen (secondary N) is 1. The summed E-state index contributed by atoms with van der Waals surface area (Å²) < 4.78 is 5.95. The minimum atomic E-state index is -0.792. The van der Waals surface area contributed by atoms with E-state index in [0.29, 0.717) is 19.3 Å². The number of unbranched alkanes of at least 4 members (excludes halogenated alkanes) is 33. The molecule has 0 aromatic carbocycles. The van der Waals surface area contributed by atoms with Crippen molar-refractivity contribution >= 4 is 11.9 Å². The first-order valence-corrected chi connectivity index (χ1v) is 28.2. The van der Waals surface area contributed by atoms with Crippen LogP contribution in [0.4, 0.5) is 0 Å². The van der Waals surface area contributed by atoms with E-state index in [1.54, 1.807) is 0 Å². The number of aliphatic hydroxyl groups is 2. The first-order valence-electron chi connectivity index (χ1n) is 28.2. The van der Waals surface area contributed by atoms with Crippen LogP contribution in [-0.2, 0) is 14.3 Å². The monoisotopic (exact) mass is 900 g/mol. The van der Waals surface area contributed by atoms with Crippen molar-refractivity contribution in [2.75, 3.05) is 6.61 Å². The molecule has 0 spiro atoms. The standard InChI is InChI=1S/C58H109NO5/c1-4-7-10-13-16-19-22-25-27-28-30-32-34-37-40-43-46-49-54(64-58(63)51-48-45-42-39-36-31-24-21-18-15-12-9-6-3)52-57(62)59-55(53-60)56(61)50-47-44-41-38-35-33-29-26-23-20-17-14-11-8-5-2/h16,19,25,27,30,32,54-56,60-61H,4-15,17-18,20-24,26,28-29,31,33-53H2,1-3H3,(H,59,62)/b19-16-,27-25-,32-30-. The summed E-state index contributed by atoms with van der Waals surface area (Å²) in [7, 11) is 0. The summed E-state index contributed by atoms with van der Waals surface area (Å²) in [6.45, 7) is 6.48. The molecule has 6 heteroatoms. The lowest BCUT2D eigenvalue weighted by Crippen LogP contribution is -2.46. The SMILES string of the molecule is CCCCC/C=C\C/C=C\C/C=C\CCCCCCC(CC(=O)NC(CO)C(O)CCCCCCCCCCCCCCCCC)OC(=O)CCCCCCCCCCCCCCC. The molecule has 3 unspecified atom stereocenters. The fourth-order valence-electron chi connectivity index (χ4n) is 8.67. The Morgan fingerprint density at radius 3 is 1.23 bits per heavy atom. The van der Waals surface area contributed by atoms with E-state index >= 15 is 0 Å². The third-order valence-electron chi connectivity index (χ3n) is 13.0. The second-order valence-corrected chi connectivity index (χ2v) is 19.3. The molecule has 0 aliphatic rings. The molecular weight excluding hydrogens is 791 g/mol. The molecule has 0 bridgehead atoms. The van der Waals surface area contributed by atoms with Crippen molar-refractivity contribution in [3.05, 3.63) is 36.5 Å². The fourth-order valence-corrected chi connectivity index (χ4v) is 8.67. The highest BCUT2D eigenvalue weighted by atomic mass is 16.5. The molecule has 0 aliphatic carbocycles. The molecular formula is C58H109NO5. The summed E-state index contributed by atoms with van der Waals surface area (Å²) in [4.78, 5) is 26.2. The van der Waals surface area contributed by atoms with Crippen LogP contribution in [0.2, 0.25) is 0 Å². The Morgan fingerprint density at radius 2 is 0.797 bits per heavy atom. The molecule has 0 radical (unpaired) electrons. The molecule has 64 heavy (non-hydrogen) atoms. The number of hydrogen-bond donors (Lipinski definition) is 3. The van der Waals surface area contributed by atoms with Crippen LogP contribution in [-0.4, -0.2) is 46.9 Å². The Hall–Kier alpha value is -1.92. The molecule has 0 aromatic heterocycles. The average molecular weight is 901 g/mol. The minimum Gasteiger partial charge on any atom is -0.462 e. The minimum absolute atomic E-state index is 0.0669. The van der Waals surface area contributed by atoms with Crippen LogP contribution in [0.5, 0.6) is 0 Å². The largest absolute Gasteiger partial charge is 0.462 e. The molecule has 376 valence electrons. The molecule has 0 aliphatic heterocycles. The molecule has 0 saturated carbocycles. The highest BCUT2D eigenvalue weighted by Crippen LogP contribution is 2.18. The van der Waals surface area contributed by atoms with E-state index in [9.17, 15) is 19.8 Å². The van der Waals surface area contributed by atoms with Crippen LogP contribution in [0, 0.1) is 0 Å². The van der Waals surface area contributed by atoms with Gasteiger partial charge in [-0.3, -0.25) is 9.59 Å². The first-order chi connectivity index (χ1) is 31.5. The van der Waals surface area contributed by atoms with Crippen LogP contribution in [0.25, 0.3) is 0 Å². The normalized spacial score (nSPS) is 13.4. The Labute approximate surface area is 398 Å². The van der Waals surface area contributed by atoms with Crippen molar-refractivity contribution in [2.24, 2.45) is 0 Å². The van der Waals surface area contributed by atoms with Crippen LogP contribution in [0.3, 0.4) is 0 Å². The molecule has 0 rings (SSSR count). The lowest BCUT2D eigenvalue weighted by molar-refractivity contribution is -0.151. The van der Waals surface area contributed by atoms with E-state index in [1.165, 1.54) is 173 Å². The summed E-state index contributed by atoms with van der Waals surface area (Å²) in [6, 6.07) is -0.706. The zero-order valence-electron chi connectivity index (χ0n) is 42.9. The van der Waals surface area contributed by atoms with Gasteiger partial charge in [-0.25, -0.2) is 0 Å². The number of amides is 1. The molecule has 0 fully saturated rings. The van der Waals surface area contributed by atoms with Gasteiger partial charge in [0.15, 0.2) is 0 Å². The van der Waals surface area contributed by atoms with Gasteiger partial charge < -0.3 is 20.3 Å². The Balaban J connectivity index is 4.58. The molecule has 0 aromatic rings. The van der Waals surface area contributed by atoms with Gasteiger partial charge in [0.05, 0.1) is 25.2 Å². The zero-order valence-corrected chi connectivity index (χ0v) is 42.9. The zero-order chi connectivity index (χ0) is 46.7. The van der Waals surface area contributed by atoms with Crippen molar-refractivity contribution in [1.29, 1.82) is 0 Å². The maximum absolute atomic E-state index is 13.2. The first kappa shape index (κ1) is 62.1. The number of carbonyl (C=O) groups excluding carboxylic acids is 2. The number of allylic oxidation sites excluding steroid dienone is 6. The summed E-state index contributed by atoms with van der Waals surface area (Å²) >= 11 is 0. The highest BCUT2D eigenvalue weighted by Gasteiger charge is 2.24. The van der Waals surface area contributed by atoms with Gasteiger partial charge in [-0.1, -0.05) is 256 Å². The maximum atomic E-state index is 13.2. The average Bonchev–Trinajstić information content (AvgIpc) is 3.29. The summed E-state index contributed by atoms with van der Waals surface area (Å²) in [5, 5.41) is 23.9. The lowest BCUT2D eigenvalue weighted by Gasteiger charge is -2.24. The number of esters is 1. The van der Waals surface area contributed by atoms with Gasteiger partial charge in [0.2, 0.25) is 5.91 Å². The summed E-state index contributed by atoms with van der Waals surface area (Å²) in [5.74, 6) is -0.481. The topological polar surface area (TPSA) is 95.9 Å². The predicted molar refractivity (Wildman–Crippen MR) is 278 cm³/mol. The quantitative estimate of drug-likeness (QED) is 0.0321. The second-order valence-electron chi connectivity index (χ2n) is 19.3. The smallest absolute Gasteiger partial charge is 0.306 e. The lowest BCUT2D eigenvalue weighted by atomic mass is 10.0. The van der Waals surface area contributed by atoms with Crippen molar-refractivity contribution in [3.8, 4) is 0 Å². The number of aliphatic hydroxyl groups excluding tert-OH is 2. The van der Waals surface area contributed by atoms with Crippen LogP contribution in [0.1, 0.15) is 297 Å². The second kappa shape index (κ2) is 52.1. The molecule has 3 atom stereocenters. The Bertz CT molecular complexity index is 1060.